The fourth-order valence-electron chi connectivity index (χ4n) is 2.23. The molecule has 0 fully saturated rings. The van der Waals surface area contributed by atoms with E-state index in [4.69, 9.17) is 4.42 Å². The van der Waals surface area contributed by atoms with E-state index in [2.05, 4.69) is 4.98 Å². The van der Waals surface area contributed by atoms with Gasteiger partial charge in [0.1, 0.15) is 5.58 Å². The molecule has 112 valence electrons. The van der Waals surface area contributed by atoms with Crippen molar-refractivity contribution in [3.05, 3.63) is 70.6 Å². The largest absolute Gasteiger partial charge is 0.452 e. The lowest BCUT2D eigenvalue weighted by atomic mass is 10.2. The summed E-state index contributed by atoms with van der Waals surface area (Å²) >= 11 is 2.41. The van der Waals surface area contributed by atoms with E-state index in [0.717, 1.165) is 22.0 Å². The van der Waals surface area contributed by atoms with Crippen LogP contribution in [-0.4, -0.2) is 10.1 Å². The van der Waals surface area contributed by atoms with Crippen LogP contribution in [0.1, 0.15) is 10.6 Å². The topological polar surface area (TPSA) is 60.2 Å². The number of carbonyl (C=O) groups excluding carboxylic acids is 1. The molecule has 0 aliphatic rings. The second-order valence-electron chi connectivity index (χ2n) is 4.81. The Morgan fingerprint density at radius 3 is 2.74 bits per heavy atom. The molecule has 0 saturated heterocycles. The smallest absolute Gasteiger partial charge is 0.261 e. The van der Waals surface area contributed by atoms with Gasteiger partial charge in [0.05, 0.1) is 15.6 Å². The Hall–Kier alpha value is -2.44. The monoisotopic (exact) mass is 339 g/mol. The predicted molar refractivity (Wildman–Crippen MR) is 92.3 cm³/mol. The van der Waals surface area contributed by atoms with Gasteiger partial charge < -0.3 is 4.42 Å². The molecule has 0 spiro atoms. The molecule has 0 unspecified atom stereocenters. The highest BCUT2D eigenvalue weighted by Crippen LogP contribution is 2.31. The first-order valence-corrected chi connectivity index (χ1v) is 8.45. The van der Waals surface area contributed by atoms with Crippen molar-refractivity contribution in [3.63, 3.8) is 0 Å². The van der Waals surface area contributed by atoms with Crippen molar-refractivity contribution in [2.45, 2.75) is 4.34 Å². The summed E-state index contributed by atoms with van der Waals surface area (Å²) in [7, 11) is 0. The maximum absolute atomic E-state index is 12.4. The van der Waals surface area contributed by atoms with Crippen LogP contribution in [0.15, 0.2) is 68.1 Å². The third-order valence-corrected chi connectivity index (χ3v) is 5.27. The highest BCUT2D eigenvalue weighted by molar-refractivity contribution is 8.15. The van der Waals surface area contributed by atoms with Gasteiger partial charge in [0.25, 0.3) is 5.12 Å². The van der Waals surface area contributed by atoms with Gasteiger partial charge in [0.2, 0.25) is 0 Å². The summed E-state index contributed by atoms with van der Waals surface area (Å²) in [6, 6.07) is 15.8. The summed E-state index contributed by atoms with van der Waals surface area (Å²) in [5.74, 6) is 0.0398. The van der Waals surface area contributed by atoms with Gasteiger partial charge in [-0.05, 0) is 36.0 Å². The van der Waals surface area contributed by atoms with E-state index in [-0.39, 0.29) is 16.3 Å². The number of hydrogen-bond donors (Lipinski definition) is 0. The third kappa shape index (κ3) is 2.67. The first-order valence-electron chi connectivity index (χ1n) is 6.81. The molecule has 0 amide bonds. The van der Waals surface area contributed by atoms with Crippen LogP contribution in [0.2, 0.25) is 0 Å². The number of aromatic nitrogens is 1. The normalized spacial score (nSPS) is 11.1. The summed E-state index contributed by atoms with van der Waals surface area (Å²) in [5.41, 5.74) is 1.04. The van der Waals surface area contributed by atoms with Gasteiger partial charge in [-0.25, -0.2) is 4.98 Å². The van der Waals surface area contributed by atoms with E-state index in [1.54, 1.807) is 24.3 Å². The quantitative estimate of drug-likeness (QED) is 0.509. The lowest BCUT2D eigenvalue weighted by Gasteiger charge is -2.00. The molecule has 4 rings (SSSR count). The molecule has 0 atom stereocenters. The molecular weight excluding hydrogens is 330 g/mol. The van der Waals surface area contributed by atoms with Gasteiger partial charge in [0.15, 0.2) is 15.5 Å². The number of benzene rings is 2. The van der Waals surface area contributed by atoms with Gasteiger partial charge >= 0.3 is 0 Å². The van der Waals surface area contributed by atoms with Gasteiger partial charge in [-0.3, -0.25) is 9.59 Å². The van der Waals surface area contributed by atoms with Crippen LogP contribution in [-0.2, 0) is 0 Å². The zero-order valence-electron chi connectivity index (χ0n) is 11.7. The molecule has 2 aromatic heterocycles. The molecule has 0 radical (unpaired) electrons. The molecule has 2 aromatic carbocycles. The van der Waals surface area contributed by atoms with Crippen LogP contribution in [0, 0.1) is 0 Å². The summed E-state index contributed by atoms with van der Waals surface area (Å²) in [4.78, 5) is 28.9. The van der Waals surface area contributed by atoms with Crippen molar-refractivity contribution in [3.8, 4) is 0 Å². The number of rotatable bonds is 2. The number of hydrogen-bond acceptors (Lipinski definition) is 6. The van der Waals surface area contributed by atoms with Crippen molar-refractivity contribution in [1.29, 1.82) is 0 Å². The number of thioether (sulfide) groups is 1. The molecule has 4 nitrogen and oxygen atoms in total. The number of nitrogens with zero attached hydrogens (tertiary/aromatic N) is 1. The van der Waals surface area contributed by atoms with Crippen LogP contribution < -0.4 is 5.43 Å². The minimum absolute atomic E-state index is 0.0398. The van der Waals surface area contributed by atoms with Crippen molar-refractivity contribution >= 4 is 49.4 Å². The van der Waals surface area contributed by atoms with Crippen LogP contribution in [0.4, 0.5) is 0 Å². The molecule has 6 heteroatoms. The fraction of sp³-hybridized carbons (Fsp3) is 0. The van der Waals surface area contributed by atoms with E-state index in [1.165, 1.54) is 17.4 Å². The van der Waals surface area contributed by atoms with Gasteiger partial charge in [0, 0.05) is 6.07 Å². The van der Waals surface area contributed by atoms with Crippen molar-refractivity contribution < 1.29 is 9.21 Å². The average Bonchev–Trinajstić information content (AvgIpc) is 2.97. The Labute approximate surface area is 138 Å². The SMILES string of the molecule is O=C(Sc1nc2ccccc2s1)c1cc(=O)c2ccccc2o1. The van der Waals surface area contributed by atoms with Gasteiger partial charge in [-0.2, -0.15) is 0 Å². The lowest BCUT2D eigenvalue weighted by Crippen LogP contribution is -2.04. The Kier molecular flexibility index (Phi) is 3.48. The van der Waals surface area contributed by atoms with Crippen LogP contribution >= 0.6 is 23.1 Å². The minimum Gasteiger partial charge on any atom is -0.452 e. The molecule has 4 aromatic rings. The Bertz CT molecular complexity index is 1060. The standard InChI is InChI=1S/C17H9NO3S2/c19-12-9-14(21-13-7-3-1-5-10(12)13)16(20)23-17-18-11-6-2-4-8-15(11)22-17/h1-9H. The molecule has 23 heavy (non-hydrogen) atoms. The maximum Gasteiger partial charge on any atom is 0.261 e. The highest BCUT2D eigenvalue weighted by atomic mass is 32.2. The number of thiazole rings is 1. The predicted octanol–water partition coefficient (Wildman–Crippen LogP) is 4.34. The second kappa shape index (κ2) is 5.64. The highest BCUT2D eigenvalue weighted by Gasteiger charge is 2.16. The summed E-state index contributed by atoms with van der Waals surface area (Å²) in [6.07, 6.45) is 0. The minimum atomic E-state index is -0.327. The van der Waals surface area contributed by atoms with E-state index in [9.17, 15) is 9.59 Å². The first kappa shape index (κ1) is 14.2. The summed E-state index contributed by atoms with van der Waals surface area (Å²) in [5, 5.41) is 0.140. The molecule has 0 aliphatic heterocycles. The molecule has 2 heterocycles. The Balaban J connectivity index is 1.70. The van der Waals surface area contributed by atoms with E-state index in [1.807, 2.05) is 24.3 Å². The number of para-hydroxylation sites is 2. The molecule has 0 N–H and O–H groups in total. The van der Waals surface area contributed by atoms with Crippen LogP contribution in [0.25, 0.3) is 21.2 Å². The van der Waals surface area contributed by atoms with Crippen molar-refractivity contribution in [1.82, 2.24) is 4.98 Å². The third-order valence-electron chi connectivity index (χ3n) is 3.29. The zero-order chi connectivity index (χ0) is 15.8. The van der Waals surface area contributed by atoms with E-state index in [0.29, 0.717) is 15.3 Å². The van der Waals surface area contributed by atoms with Gasteiger partial charge in [-0.1, -0.05) is 24.3 Å². The lowest BCUT2D eigenvalue weighted by molar-refractivity contribution is 0.106. The van der Waals surface area contributed by atoms with Crippen molar-refractivity contribution in [2.75, 3.05) is 0 Å². The number of fused-ring (bicyclic) bond motifs is 2. The van der Waals surface area contributed by atoms with Gasteiger partial charge in [-0.15, -0.1) is 11.3 Å². The van der Waals surface area contributed by atoms with E-state index >= 15 is 0 Å². The Morgan fingerprint density at radius 1 is 1.09 bits per heavy atom. The van der Waals surface area contributed by atoms with Crippen molar-refractivity contribution in [2.24, 2.45) is 0 Å². The molecular formula is C17H9NO3S2. The van der Waals surface area contributed by atoms with Crippen LogP contribution in [0.5, 0.6) is 0 Å². The number of carbonyl (C=O) groups is 1. The zero-order valence-corrected chi connectivity index (χ0v) is 13.3. The summed E-state index contributed by atoms with van der Waals surface area (Å²) < 4.78 is 7.21. The van der Waals surface area contributed by atoms with Crippen LogP contribution in [0.3, 0.4) is 0 Å². The first-order chi connectivity index (χ1) is 11.2. The Morgan fingerprint density at radius 2 is 1.87 bits per heavy atom. The summed E-state index contributed by atoms with van der Waals surface area (Å²) in [6.45, 7) is 0. The average molecular weight is 339 g/mol. The second-order valence-corrected chi connectivity index (χ2v) is 7.06. The molecule has 0 saturated carbocycles. The maximum atomic E-state index is 12.4. The molecule has 0 bridgehead atoms. The fourth-order valence-corrected chi connectivity index (χ4v) is 4.09. The van der Waals surface area contributed by atoms with E-state index < -0.39 is 0 Å². The molecule has 0 aliphatic carbocycles.